The van der Waals surface area contributed by atoms with E-state index in [9.17, 15) is 13.2 Å². The number of benzene rings is 1. The number of alkyl halides is 3. The second-order valence-corrected chi connectivity index (χ2v) is 9.28. The van der Waals surface area contributed by atoms with E-state index >= 15 is 0 Å². The SMILES string of the molecule is CCN(CCC1CC1)Cc1c(C(F)(F)F)nc2n1CCCN2c1c(C)cc(C)cc1Cl. The second kappa shape index (κ2) is 8.66. The summed E-state index contributed by atoms with van der Waals surface area (Å²) in [7, 11) is 0. The molecule has 4 rings (SSSR count). The molecule has 1 saturated carbocycles. The Hall–Kier alpha value is -1.73. The largest absolute Gasteiger partial charge is 0.435 e. The topological polar surface area (TPSA) is 24.3 Å². The molecule has 4 nitrogen and oxygen atoms in total. The maximum Gasteiger partial charge on any atom is 0.435 e. The van der Waals surface area contributed by atoms with Gasteiger partial charge in [0.05, 0.1) is 16.4 Å². The number of hydrogen-bond acceptors (Lipinski definition) is 3. The van der Waals surface area contributed by atoms with Crippen molar-refractivity contribution in [3.05, 3.63) is 39.7 Å². The Balaban J connectivity index is 1.73. The van der Waals surface area contributed by atoms with Gasteiger partial charge in [-0.25, -0.2) is 4.98 Å². The fraction of sp³-hybridized carbons (Fsp3) is 0.609. The van der Waals surface area contributed by atoms with Crippen LogP contribution in [0.2, 0.25) is 5.02 Å². The normalized spacial score (nSPS) is 16.8. The van der Waals surface area contributed by atoms with Crippen molar-refractivity contribution >= 4 is 23.2 Å². The van der Waals surface area contributed by atoms with Crippen molar-refractivity contribution in [2.75, 3.05) is 24.5 Å². The van der Waals surface area contributed by atoms with Gasteiger partial charge in [-0.2, -0.15) is 13.2 Å². The number of halogens is 4. The summed E-state index contributed by atoms with van der Waals surface area (Å²) in [6, 6.07) is 3.86. The van der Waals surface area contributed by atoms with E-state index in [1.807, 2.05) is 37.8 Å². The second-order valence-electron chi connectivity index (χ2n) is 8.87. The van der Waals surface area contributed by atoms with Crippen LogP contribution in [-0.2, 0) is 19.3 Å². The van der Waals surface area contributed by atoms with Crippen LogP contribution in [0.15, 0.2) is 12.1 Å². The van der Waals surface area contributed by atoms with Crippen LogP contribution in [-0.4, -0.2) is 34.1 Å². The van der Waals surface area contributed by atoms with Gasteiger partial charge in [-0.15, -0.1) is 0 Å². The van der Waals surface area contributed by atoms with Gasteiger partial charge in [-0.3, -0.25) is 4.90 Å². The molecule has 1 aliphatic heterocycles. The Morgan fingerprint density at radius 2 is 1.94 bits per heavy atom. The highest BCUT2D eigenvalue weighted by molar-refractivity contribution is 6.33. The molecule has 0 spiro atoms. The summed E-state index contributed by atoms with van der Waals surface area (Å²) in [6.07, 6.45) is -0.197. The number of imidazole rings is 1. The summed E-state index contributed by atoms with van der Waals surface area (Å²) >= 11 is 6.55. The Morgan fingerprint density at radius 1 is 1.19 bits per heavy atom. The van der Waals surface area contributed by atoms with Crippen molar-refractivity contribution in [3.8, 4) is 0 Å². The molecule has 0 atom stereocenters. The molecule has 2 aromatic rings. The summed E-state index contributed by atoms with van der Waals surface area (Å²) < 4.78 is 43.8. The number of hydrogen-bond donors (Lipinski definition) is 0. The maximum absolute atomic E-state index is 14.0. The van der Waals surface area contributed by atoms with E-state index < -0.39 is 11.9 Å². The molecule has 0 radical (unpaired) electrons. The van der Waals surface area contributed by atoms with Crippen LogP contribution in [0.25, 0.3) is 0 Å². The average molecular weight is 455 g/mol. The zero-order valence-corrected chi connectivity index (χ0v) is 19.2. The van der Waals surface area contributed by atoms with Crippen LogP contribution in [0.4, 0.5) is 24.8 Å². The zero-order chi connectivity index (χ0) is 22.3. The lowest BCUT2D eigenvalue weighted by molar-refractivity contribution is -0.141. The molecule has 0 unspecified atom stereocenters. The standard InChI is InChI=1S/C23H30ClF3N4/c1-4-29(11-8-17-6-7-17)14-19-21(23(25,26)27)28-22-30(19)9-5-10-31(22)20-16(3)12-15(2)13-18(20)24/h12-13,17H,4-11,14H2,1-3H3. The molecule has 0 amide bonds. The smallest absolute Gasteiger partial charge is 0.312 e. The lowest BCUT2D eigenvalue weighted by atomic mass is 10.1. The number of anilines is 2. The average Bonchev–Trinajstić information content (AvgIpc) is 3.43. The van der Waals surface area contributed by atoms with E-state index in [1.165, 1.54) is 12.8 Å². The summed E-state index contributed by atoms with van der Waals surface area (Å²) in [5.41, 5.74) is 2.22. The van der Waals surface area contributed by atoms with Crippen LogP contribution in [0.5, 0.6) is 0 Å². The Labute approximate surface area is 187 Å². The molecular weight excluding hydrogens is 425 g/mol. The number of nitrogens with zero attached hydrogens (tertiary/aromatic N) is 4. The fourth-order valence-corrected chi connectivity index (χ4v) is 5.01. The number of aryl methyl sites for hydroxylation is 2. The van der Waals surface area contributed by atoms with E-state index in [-0.39, 0.29) is 12.2 Å². The van der Waals surface area contributed by atoms with E-state index in [4.69, 9.17) is 11.6 Å². The van der Waals surface area contributed by atoms with Crippen molar-refractivity contribution in [1.82, 2.24) is 14.5 Å². The van der Waals surface area contributed by atoms with Gasteiger partial charge < -0.3 is 9.47 Å². The van der Waals surface area contributed by atoms with Crippen molar-refractivity contribution < 1.29 is 13.2 Å². The minimum atomic E-state index is -4.49. The molecule has 31 heavy (non-hydrogen) atoms. The molecule has 2 aliphatic rings. The number of fused-ring (bicyclic) bond motifs is 1. The van der Waals surface area contributed by atoms with E-state index in [1.54, 1.807) is 4.57 Å². The predicted molar refractivity (Wildman–Crippen MR) is 118 cm³/mol. The Kier molecular flexibility index (Phi) is 6.28. The quantitative estimate of drug-likeness (QED) is 0.488. The van der Waals surface area contributed by atoms with Crippen LogP contribution in [0, 0.1) is 19.8 Å². The van der Waals surface area contributed by atoms with E-state index in [2.05, 4.69) is 9.88 Å². The molecule has 0 N–H and O–H groups in total. The lowest BCUT2D eigenvalue weighted by Gasteiger charge is -2.32. The van der Waals surface area contributed by atoms with Crippen LogP contribution >= 0.6 is 11.6 Å². The number of rotatable bonds is 7. The highest BCUT2D eigenvalue weighted by Gasteiger charge is 2.41. The third-order valence-electron chi connectivity index (χ3n) is 6.37. The first-order valence-corrected chi connectivity index (χ1v) is 11.5. The highest BCUT2D eigenvalue weighted by atomic mass is 35.5. The molecule has 2 heterocycles. The van der Waals surface area contributed by atoms with Crippen LogP contribution in [0.3, 0.4) is 0 Å². The molecule has 1 aromatic carbocycles. The highest BCUT2D eigenvalue weighted by Crippen LogP contribution is 2.41. The lowest BCUT2D eigenvalue weighted by Crippen LogP contribution is -2.31. The summed E-state index contributed by atoms with van der Waals surface area (Å²) in [4.78, 5) is 8.13. The monoisotopic (exact) mass is 454 g/mol. The molecule has 1 aromatic heterocycles. The summed E-state index contributed by atoms with van der Waals surface area (Å²) in [5, 5.41) is 0.545. The van der Waals surface area contributed by atoms with Crippen molar-refractivity contribution in [2.24, 2.45) is 5.92 Å². The fourth-order valence-electron chi connectivity index (χ4n) is 4.58. The van der Waals surface area contributed by atoms with Crippen LogP contribution < -0.4 is 4.90 Å². The number of aromatic nitrogens is 2. The Morgan fingerprint density at radius 3 is 2.55 bits per heavy atom. The van der Waals surface area contributed by atoms with Gasteiger partial charge in [-0.05, 0) is 62.9 Å². The maximum atomic E-state index is 14.0. The predicted octanol–water partition coefficient (Wildman–Crippen LogP) is 6.34. The van der Waals surface area contributed by atoms with Crippen molar-refractivity contribution in [2.45, 2.75) is 65.7 Å². The first kappa shape index (κ1) is 22.5. The van der Waals surface area contributed by atoms with Crippen molar-refractivity contribution in [1.29, 1.82) is 0 Å². The van der Waals surface area contributed by atoms with Crippen LogP contribution in [0.1, 0.15) is 55.1 Å². The van der Waals surface area contributed by atoms with Gasteiger partial charge >= 0.3 is 6.18 Å². The zero-order valence-electron chi connectivity index (χ0n) is 18.4. The van der Waals surface area contributed by atoms with Crippen molar-refractivity contribution in [3.63, 3.8) is 0 Å². The molecule has 0 saturated heterocycles. The Bertz CT molecular complexity index is 926. The molecule has 1 fully saturated rings. The minimum Gasteiger partial charge on any atom is -0.312 e. The minimum absolute atomic E-state index is 0.263. The van der Waals surface area contributed by atoms with E-state index in [0.29, 0.717) is 24.1 Å². The third-order valence-corrected chi connectivity index (χ3v) is 6.65. The summed E-state index contributed by atoms with van der Waals surface area (Å²) in [5.74, 6) is 1.10. The molecule has 1 aliphatic carbocycles. The molecule has 0 bridgehead atoms. The summed E-state index contributed by atoms with van der Waals surface area (Å²) in [6.45, 7) is 8.85. The first-order chi connectivity index (χ1) is 14.7. The van der Waals surface area contributed by atoms with Gasteiger partial charge in [0.1, 0.15) is 0 Å². The van der Waals surface area contributed by atoms with Gasteiger partial charge in [0.25, 0.3) is 0 Å². The van der Waals surface area contributed by atoms with Gasteiger partial charge in [0.15, 0.2) is 5.69 Å². The molecule has 170 valence electrons. The third kappa shape index (κ3) is 4.72. The van der Waals surface area contributed by atoms with E-state index in [0.717, 1.165) is 48.7 Å². The molecular formula is C23H30ClF3N4. The first-order valence-electron chi connectivity index (χ1n) is 11.1. The van der Waals surface area contributed by atoms with Gasteiger partial charge in [0.2, 0.25) is 5.95 Å². The van der Waals surface area contributed by atoms with Gasteiger partial charge in [-0.1, -0.05) is 37.4 Å². The molecule has 8 heteroatoms. The van der Waals surface area contributed by atoms with Gasteiger partial charge in [0, 0.05) is 19.6 Å².